The highest BCUT2D eigenvalue weighted by Crippen LogP contribution is 2.21. The van der Waals surface area contributed by atoms with Crippen LogP contribution in [-0.4, -0.2) is 33.2 Å². The van der Waals surface area contributed by atoms with Crippen LogP contribution in [0.25, 0.3) is 21.9 Å². The Hall–Kier alpha value is -2.91. The lowest BCUT2D eigenvalue weighted by molar-refractivity contribution is 0.597. The van der Waals surface area contributed by atoms with Gasteiger partial charge in [0.05, 0.1) is 12.2 Å². The smallest absolute Gasteiger partial charge is 0.239 e. The molecule has 4 rings (SSSR count). The predicted octanol–water partition coefficient (Wildman–Crippen LogP) is 1.38. The number of aryl methyl sites for hydroxylation is 1. The number of hydrogen-bond donors (Lipinski definition) is 1. The van der Waals surface area contributed by atoms with E-state index in [4.69, 9.17) is 5.14 Å². The van der Waals surface area contributed by atoms with Crippen molar-refractivity contribution in [3.63, 3.8) is 0 Å². The van der Waals surface area contributed by atoms with Gasteiger partial charge in [-0.2, -0.15) is 5.10 Å². The zero-order valence-corrected chi connectivity index (χ0v) is 14.1. The van der Waals surface area contributed by atoms with E-state index in [-0.39, 0.29) is 4.90 Å². The SMILES string of the molecule is Cc1ccc2c(ncc3cn(Cc4ccc(S(N)(=O)=O)cn4)nc32)n1. The molecule has 0 bridgehead atoms. The molecule has 4 heterocycles. The first kappa shape index (κ1) is 15.6. The minimum absolute atomic E-state index is 0.0153. The van der Waals surface area contributed by atoms with E-state index in [0.29, 0.717) is 17.9 Å². The van der Waals surface area contributed by atoms with E-state index >= 15 is 0 Å². The highest BCUT2D eigenvalue weighted by Gasteiger charge is 2.10. The van der Waals surface area contributed by atoms with Gasteiger partial charge >= 0.3 is 0 Å². The van der Waals surface area contributed by atoms with Crippen LogP contribution in [0.15, 0.2) is 47.8 Å². The van der Waals surface area contributed by atoms with Gasteiger partial charge in [0.2, 0.25) is 10.0 Å². The number of hydrogen-bond acceptors (Lipinski definition) is 6. The third kappa shape index (κ3) is 2.94. The number of fused-ring (bicyclic) bond motifs is 3. The molecule has 0 saturated carbocycles. The van der Waals surface area contributed by atoms with Gasteiger partial charge in [0.15, 0.2) is 5.65 Å². The zero-order valence-electron chi connectivity index (χ0n) is 13.3. The van der Waals surface area contributed by atoms with E-state index in [0.717, 1.165) is 22.0 Å². The van der Waals surface area contributed by atoms with Crippen molar-refractivity contribution in [2.75, 3.05) is 0 Å². The third-order valence-corrected chi connectivity index (χ3v) is 4.73. The summed E-state index contributed by atoms with van der Waals surface area (Å²) in [5, 5.41) is 11.5. The molecule has 0 spiro atoms. The van der Waals surface area contributed by atoms with Gasteiger partial charge in [-0.3, -0.25) is 9.67 Å². The third-order valence-electron chi connectivity index (χ3n) is 3.84. The molecule has 0 fully saturated rings. The average molecular weight is 354 g/mol. The van der Waals surface area contributed by atoms with Crippen molar-refractivity contribution in [2.24, 2.45) is 5.14 Å². The zero-order chi connectivity index (χ0) is 17.6. The normalized spacial score (nSPS) is 12.1. The maximum absolute atomic E-state index is 11.3. The molecule has 0 unspecified atom stereocenters. The highest BCUT2D eigenvalue weighted by atomic mass is 32.2. The van der Waals surface area contributed by atoms with Crippen LogP contribution in [0.1, 0.15) is 11.4 Å². The van der Waals surface area contributed by atoms with Crippen LogP contribution in [-0.2, 0) is 16.6 Å². The molecule has 0 aromatic carbocycles. The summed E-state index contributed by atoms with van der Waals surface area (Å²) >= 11 is 0. The maximum Gasteiger partial charge on any atom is 0.239 e. The van der Waals surface area contributed by atoms with E-state index in [1.807, 2.05) is 25.3 Å². The number of sulfonamides is 1. The molecule has 25 heavy (non-hydrogen) atoms. The molecule has 0 saturated heterocycles. The molecule has 126 valence electrons. The summed E-state index contributed by atoms with van der Waals surface area (Å²) in [5.74, 6) is 0. The molecule has 4 aromatic rings. The van der Waals surface area contributed by atoms with Gasteiger partial charge in [-0.05, 0) is 31.2 Å². The molecular weight excluding hydrogens is 340 g/mol. The van der Waals surface area contributed by atoms with Gasteiger partial charge < -0.3 is 0 Å². The number of nitrogens with zero attached hydrogens (tertiary/aromatic N) is 5. The van der Waals surface area contributed by atoms with Crippen LogP contribution in [0, 0.1) is 6.92 Å². The molecular formula is C16H14N6O2S. The lowest BCUT2D eigenvalue weighted by Crippen LogP contribution is -2.13. The predicted molar refractivity (Wildman–Crippen MR) is 92.3 cm³/mol. The second-order valence-corrected chi connectivity index (χ2v) is 7.30. The summed E-state index contributed by atoms with van der Waals surface area (Å²) in [6, 6.07) is 6.94. The molecule has 4 aromatic heterocycles. The second kappa shape index (κ2) is 5.57. The summed E-state index contributed by atoms with van der Waals surface area (Å²) < 4.78 is 24.3. The molecule has 0 amide bonds. The number of rotatable bonds is 3. The minimum atomic E-state index is -3.74. The fourth-order valence-corrected chi connectivity index (χ4v) is 3.07. The molecule has 0 aliphatic rings. The Labute approximate surface area is 143 Å². The maximum atomic E-state index is 11.3. The molecule has 8 nitrogen and oxygen atoms in total. The van der Waals surface area contributed by atoms with E-state index in [1.165, 1.54) is 12.3 Å². The van der Waals surface area contributed by atoms with Gasteiger partial charge in [0.1, 0.15) is 10.4 Å². The molecule has 0 aliphatic carbocycles. The van der Waals surface area contributed by atoms with Crippen LogP contribution in [0.2, 0.25) is 0 Å². The first-order valence-electron chi connectivity index (χ1n) is 7.47. The Morgan fingerprint density at radius 3 is 2.68 bits per heavy atom. The van der Waals surface area contributed by atoms with Gasteiger partial charge in [0, 0.05) is 35.1 Å². The van der Waals surface area contributed by atoms with E-state index in [1.54, 1.807) is 16.9 Å². The van der Waals surface area contributed by atoms with Crippen LogP contribution in [0.3, 0.4) is 0 Å². The Morgan fingerprint density at radius 1 is 1.12 bits per heavy atom. The average Bonchev–Trinajstić information content (AvgIpc) is 2.97. The number of primary sulfonamides is 1. The molecule has 0 aliphatic heterocycles. The van der Waals surface area contributed by atoms with Crippen molar-refractivity contribution in [3.05, 3.63) is 54.2 Å². The van der Waals surface area contributed by atoms with Crippen molar-refractivity contribution < 1.29 is 8.42 Å². The van der Waals surface area contributed by atoms with Crippen molar-refractivity contribution in [3.8, 4) is 0 Å². The quantitative estimate of drug-likeness (QED) is 0.594. The summed E-state index contributed by atoms with van der Waals surface area (Å²) in [6.45, 7) is 2.32. The standard InChI is InChI=1S/C16H14N6O2S/c1-10-2-5-14-15-11(6-19-16(14)20-10)8-22(21-15)9-12-3-4-13(7-18-12)25(17,23)24/h2-8H,9H2,1H3,(H2,17,23,24). The van der Waals surface area contributed by atoms with Gasteiger partial charge in [-0.25, -0.2) is 23.5 Å². The van der Waals surface area contributed by atoms with Gasteiger partial charge in [0.25, 0.3) is 0 Å². The molecule has 2 N–H and O–H groups in total. The van der Waals surface area contributed by atoms with Crippen molar-refractivity contribution in [1.29, 1.82) is 0 Å². The number of nitrogens with two attached hydrogens (primary N) is 1. The largest absolute Gasteiger partial charge is 0.265 e. The van der Waals surface area contributed by atoms with E-state index in [2.05, 4.69) is 20.1 Å². The van der Waals surface area contributed by atoms with E-state index in [9.17, 15) is 8.42 Å². The first-order valence-corrected chi connectivity index (χ1v) is 9.02. The molecule has 0 radical (unpaired) electrons. The topological polar surface area (TPSA) is 117 Å². The van der Waals surface area contributed by atoms with Gasteiger partial charge in [-0.1, -0.05) is 0 Å². The van der Waals surface area contributed by atoms with Crippen molar-refractivity contribution >= 4 is 32.0 Å². The fraction of sp³-hybridized carbons (Fsp3) is 0.125. The van der Waals surface area contributed by atoms with E-state index < -0.39 is 10.0 Å². The molecule has 0 atom stereocenters. The summed E-state index contributed by atoms with van der Waals surface area (Å²) in [5.41, 5.74) is 3.05. The fourth-order valence-electron chi connectivity index (χ4n) is 2.62. The van der Waals surface area contributed by atoms with Crippen LogP contribution in [0.5, 0.6) is 0 Å². The Balaban J connectivity index is 1.71. The highest BCUT2D eigenvalue weighted by molar-refractivity contribution is 7.89. The first-order chi connectivity index (χ1) is 11.9. The lowest BCUT2D eigenvalue weighted by atomic mass is 10.2. The Morgan fingerprint density at radius 2 is 1.96 bits per heavy atom. The molecule has 9 heteroatoms. The summed E-state index contributed by atoms with van der Waals surface area (Å²) in [6.07, 6.45) is 4.86. The lowest BCUT2D eigenvalue weighted by Gasteiger charge is -2.02. The van der Waals surface area contributed by atoms with Crippen molar-refractivity contribution in [1.82, 2.24) is 24.7 Å². The number of aromatic nitrogens is 5. The monoisotopic (exact) mass is 354 g/mol. The van der Waals surface area contributed by atoms with Crippen molar-refractivity contribution in [2.45, 2.75) is 18.4 Å². The van der Waals surface area contributed by atoms with Gasteiger partial charge in [-0.15, -0.1) is 0 Å². The second-order valence-electron chi connectivity index (χ2n) is 5.74. The number of pyridine rings is 3. The van der Waals surface area contributed by atoms with Crippen LogP contribution >= 0.6 is 0 Å². The summed E-state index contributed by atoms with van der Waals surface area (Å²) in [7, 11) is -3.74. The Kier molecular flexibility index (Phi) is 3.48. The van der Waals surface area contributed by atoms with Crippen LogP contribution < -0.4 is 5.14 Å². The minimum Gasteiger partial charge on any atom is -0.265 e. The Bertz CT molecular complexity index is 1200. The summed E-state index contributed by atoms with van der Waals surface area (Å²) in [4.78, 5) is 12.9. The van der Waals surface area contributed by atoms with Crippen LogP contribution in [0.4, 0.5) is 0 Å².